The molecule has 108 valence electrons. The smallest absolute Gasteiger partial charge is 0.407 e. The minimum absolute atomic E-state index is 0.0490. The first-order valence-electron chi connectivity index (χ1n) is 5.97. The average molecular weight is 272 g/mol. The summed E-state index contributed by atoms with van der Waals surface area (Å²) in [5.41, 5.74) is 0.300. The molecule has 0 bridgehead atoms. The van der Waals surface area contributed by atoms with Crippen LogP contribution >= 0.6 is 0 Å². The van der Waals surface area contributed by atoms with Gasteiger partial charge in [-0.1, -0.05) is 13.5 Å². The van der Waals surface area contributed by atoms with Gasteiger partial charge in [-0.05, 0) is 6.92 Å². The van der Waals surface area contributed by atoms with E-state index in [9.17, 15) is 14.4 Å². The Morgan fingerprint density at radius 1 is 1.05 bits per heavy atom. The third kappa shape index (κ3) is 9.63. The van der Waals surface area contributed by atoms with Gasteiger partial charge >= 0.3 is 12.1 Å². The maximum atomic E-state index is 11.1. The van der Waals surface area contributed by atoms with E-state index in [2.05, 4.69) is 17.2 Å². The monoisotopic (exact) mass is 272 g/mol. The number of carbonyl (C=O) groups is 3. The molecule has 0 aromatic carbocycles. The minimum atomic E-state index is -0.628. The Morgan fingerprint density at radius 2 is 1.63 bits per heavy atom. The SMILES string of the molecule is C=C(C)C(=O)OCCNC(=O)OCCNC(=O)CC. The summed E-state index contributed by atoms with van der Waals surface area (Å²) in [6, 6.07) is 0. The Bertz CT molecular complexity index is 341. The van der Waals surface area contributed by atoms with E-state index in [0.29, 0.717) is 12.0 Å². The van der Waals surface area contributed by atoms with E-state index in [0.717, 1.165) is 0 Å². The third-order valence-electron chi connectivity index (χ3n) is 1.93. The van der Waals surface area contributed by atoms with E-state index in [4.69, 9.17) is 9.47 Å². The number of ether oxygens (including phenoxy) is 2. The molecule has 0 fully saturated rings. The second kappa shape index (κ2) is 9.93. The lowest BCUT2D eigenvalue weighted by molar-refractivity contribution is -0.138. The highest BCUT2D eigenvalue weighted by Crippen LogP contribution is 1.90. The normalized spacial score (nSPS) is 9.37. The summed E-state index contributed by atoms with van der Waals surface area (Å²) in [6.07, 6.45) is -0.238. The molecule has 19 heavy (non-hydrogen) atoms. The van der Waals surface area contributed by atoms with Crippen LogP contribution in [0.25, 0.3) is 0 Å². The number of esters is 1. The quantitative estimate of drug-likeness (QED) is 0.378. The Kier molecular flexibility index (Phi) is 8.86. The van der Waals surface area contributed by atoms with Gasteiger partial charge in [-0.25, -0.2) is 9.59 Å². The van der Waals surface area contributed by atoms with E-state index in [-0.39, 0.29) is 32.2 Å². The van der Waals surface area contributed by atoms with E-state index in [1.807, 2.05) is 0 Å². The zero-order valence-corrected chi connectivity index (χ0v) is 11.3. The zero-order valence-electron chi connectivity index (χ0n) is 11.3. The van der Waals surface area contributed by atoms with E-state index in [1.165, 1.54) is 6.92 Å². The van der Waals surface area contributed by atoms with Gasteiger partial charge < -0.3 is 20.1 Å². The molecule has 2 amide bonds. The molecule has 0 unspecified atom stereocenters. The van der Waals surface area contributed by atoms with Gasteiger partial charge in [0.25, 0.3) is 0 Å². The van der Waals surface area contributed by atoms with Crippen molar-refractivity contribution in [2.24, 2.45) is 0 Å². The second-order valence-corrected chi connectivity index (χ2v) is 3.68. The van der Waals surface area contributed by atoms with Crippen LogP contribution in [-0.2, 0) is 19.1 Å². The first kappa shape index (κ1) is 16.9. The molecule has 0 atom stereocenters. The molecule has 0 spiro atoms. The number of carbonyl (C=O) groups excluding carboxylic acids is 3. The molecular formula is C12H20N2O5. The fourth-order valence-electron chi connectivity index (χ4n) is 0.930. The number of nitrogens with one attached hydrogen (secondary N) is 2. The standard InChI is InChI=1S/C12H20N2O5/c1-4-10(15)13-5-8-19-12(17)14-6-7-18-11(16)9(2)3/h2,4-8H2,1,3H3,(H,13,15)(H,14,17). The van der Waals surface area contributed by atoms with Crippen molar-refractivity contribution >= 4 is 18.0 Å². The molecule has 0 aliphatic carbocycles. The fraction of sp³-hybridized carbons (Fsp3) is 0.583. The molecule has 0 radical (unpaired) electrons. The summed E-state index contributed by atoms with van der Waals surface area (Å²) in [7, 11) is 0. The van der Waals surface area contributed by atoms with Crippen LogP contribution in [-0.4, -0.2) is 44.3 Å². The van der Waals surface area contributed by atoms with Crippen LogP contribution in [0.4, 0.5) is 4.79 Å². The highest BCUT2D eigenvalue weighted by Gasteiger charge is 2.04. The third-order valence-corrected chi connectivity index (χ3v) is 1.93. The minimum Gasteiger partial charge on any atom is -0.460 e. The maximum Gasteiger partial charge on any atom is 0.407 e. The van der Waals surface area contributed by atoms with Crippen molar-refractivity contribution in [2.75, 3.05) is 26.3 Å². The van der Waals surface area contributed by atoms with Crippen LogP contribution in [0.15, 0.2) is 12.2 Å². The molecule has 0 aromatic rings. The van der Waals surface area contributed by atoms with Gasteiger partial charge in [0.2, 0.25) is 5.91 Å². The highest BCUT2D eigenvalue weighted by molar-refractivity contribution is 5.86. The molecule has 0 saturated heterocycles. The maximum absolute atomic E-state index is 11.1. The van der Waals surface area contributed by atoms with Crippen LogP contribution in [0.5, 0.6) is 0 Å². The van der Waals surface area contributed by atoms with E-state index in [1.54, 1.807) is 6.92 Å². The van der Waals surface area contributed by atoms with Gasteiger partial charge in [-0.2, -0.15) is 0 Å². The van der Waals surface area contributed by atoms with E-state index < -0.39 is 12.1 Å². The molecular weight excluding hydrogens is 252 g/mol. The van der Waals surface area contributed by atoms with Crippen LogP contribution in [0, 0.1) is 0 Å². The molecule has 0 saturated carbocycles. The average Bonchev–Trinajstić information content (AvgIpc) is 2.38. The lowest BCUT2D eigenvalue weighted by Gasteiger charge is -2.08. The van der Waals surface area contributed by atoms with Crippen LogP contribution in [0.1, 0.15) is 20.3 Å². The molecule has 7 heteroatoms. The predicted octanol–water partition coefficient (Wildman–Crippen LogP) is 0.358. The second-order valence-electron chi connectivity index (χ2n) is 3.68. The molecule has 7 nitrogen and oxygen atoms in total. The highest BCUT2D eigenvalue weighted by atomic mass is 16.6. The van der Waals surface area contributed by atoms with Gasteiger partial charge in [0.05, 0.1) is 13.1 Å². The topological polar surface area (TPSA) is 93.7 Å². The molecule has 0 aromatic heterocycles. The van der Waals surface area contributed by atoms with Crippen molar-refractivity contribution < 1.29 is 23.9 Å². The lowest BCUT2D eigenvalue weighted by atomic mass is 10.4. The van der Waals surface area contributed by atoms with Crippen molar-refractivity contribution in [1.29, 1.82) is 0 Å². The summed E-state index contributed by atoms with van der Waals surface area (Å²) < 4.78 is 9.53. The first-order chi connectivity index (χ1) is 8.97. The van der Waals surface area contributed by atoms with Gasteiger partial charge in [0.15, 0.2) is 0 Å². The van der Waals surface area contributed by atoms with Gasteiger partial charge in [-0.15, -0.1) is 0 Å². The number of hydrogen-bond acceptors (Lipinski definition) is 5. The fourth-order valence-corrected chi connectivity index (χ4v) is 0.930. The summed E-state index contributed by atoms with van der Waals surface area (Å²) in [4.78, 5) is 33.0. The van der Waals surface area contributed by atoms with E-state index >= 15 is 0 Å². The summed E-state index contributed by atoms with van der Waals surface area (Å²) in [5, 5.41) is 4.96. The summed E-state index contributed by atoms with van der Waals surface area (Å²) in [5.74, 6) is -0.604. The van der Waals surface area contributed by atoms with Crippen molar-refractivity contribution in [1.82, 2.24) is 10.6 Å². The number of alkyl carbamates (subject to hydrolysis) is 1. The van der Waals surface area contributed by atoms with Crippen LogP contribution < -0.4 is 10.6 Å². The van der Waals surface area contributed by atoms with Crippen molar-refractivity contribution in [3.05, 3.63) is 12.2 Å². The summed E-state index contributed by atoms with van der Waals surface area (Å²) >= 11 is 0. The predicted molar refractivity (Wildman–Crippen MR) is 68.4 cm³/mol. The van der Waals surface area contributed by atoms with Gasteiger partial charge in [0.1, 0.15) is 13.2 Å². The largest absolute Gasteiger partial charge is 0.460 e. The van der Waals surface area contributed by atoms with Crippen LogP contribution in [0.3, 0.4) is 0 Å². The molecule has 0 aliphatic heterocycles. The number of amides is 2. The molecule has 2 N–H and O–H groups in total. The molecule has 0 heterocycles. The number of hydrogen-bond donors (Lipinski definition) is 2. The Hall–Kier alpha value is -2.05. The number of rotatable bonds is 8. The summed E-state index contributed by atoms with van der Waals surface area (Å²) in [6.45, 7) is 7.24. The zero-order chi connectivity index (χ0) is 14.7. The van der Waals surface area contributed by atoms with Crippen molar-refractivity contribution in [2.45, 2.75) is 20.3 Å². The Labute approximate surface area is 112 Å². The first-order valence-corrected chi connectivity index (χ1v) is 5.97. The Balaban J connectivity index is 3.47. The molecule has 0 rings (SSSR count). The van der Waals surface area contributed by atoms with Gasteiger partial charge in [-0.3, -0.25) is 4.79 Å². The van der Waals surface area contributed by atoms with Crippen molar-refractivity contribution in [3.8, 4) is 0 Å². The van der Waals surface area contributed by atoms with Gasteiger partial charge in [0, 0.05) is 12.0 Å². The Morgan fingerprint density at radius 3 is 2.21 bits per heavy atom. The lowest BCUT2D eigenvalue weighted by Crippen LogP contribution is -2.32. The van der Waals surface area contributed by atoms with Crippen LogP contribution in [0.2, 0.25) is 0 Å². The molecule has 0 aliphatic rings. The van der Waals surface area contributed by atoms with Crippen molar-refractivity contribution in [3.63, 3.8) is 0 Å².